The molecule has 0 atom stereocenters. The van der Waals surface area contributed by atoms with Crippen molar-refractivity contribution >= 4 is 23.6 Å². The molecule has 0 saturated carbocycles. The molecule has 0 aromatic heterocycles. The van der Waals surface area contributed by atoms with Crippen LogP contribution < -0.4 is 16.0 Å². The van der Waals surface area contributed by atoms with Crippen LogP contribution in [-0.2, 0) is 19.1 Å². The maximum Gasteiger partial charge on any atom is 0.336 e. The van der Waals surface area contributed by atoms with Gasteiger partial charge >= 0.3 is 11.9 Å². The minimum absolute atomic E-state index is 0.325. The second kappa shape index (κ2) is 14.2. The van der Waals surface area contributed by atoms with Gasteiger partial charge in [-0.25, -0.2) is 9.59 Å². The Bertz CT molecular complexity index is 1210. The van der Waals surface area contributed by atoms with Crippen molar-refractivity contribution in [2.45, 2.75) is 59.8 Å². The summed E-state index contributed by atoms with van der Waals surface area (Å²) in [5.74, 6) is -0.684. The third kappa shape index (κ3) is 8.10. The van der Waals surface area contributed by atoms with Crippen LogP contribution >= 0.6 is 0 Å². The summed E-state index contributed by atoms with van der Waals surface area (Å²) in [5, 5.41) is 18.2. The van der Waals surface area contributed by atoms with Gasteiger partial charge in [0.2, 0.25) is 5.96 Å². The molecule has 0 spiro atoms. The van der Waals surface area contributed by atoms with Gasteiger partial charge in [-0.05, 0) is 81.8 Å². The molecule has 1 aromatic carbocycles. The van der Waals surface area contributed by atoms with E-state index in [0.717, 1.165) is 32.0 Å². The number of nitrogens with zero attached hydrogens (tertiary/aromatic N) is 3. The van der Waals surface area contributed by atoms with Crippen LogP contribution in [0.1, 0.15) is 65.4 Å². The summed E-state index contributed by atoms with van der Waals surface area (Å²) in [6.07, 6.45) is 5.28. The third-order valence-corrected chi connectivity index (χ3v) is 7.94. The van der Waals surface area contributed by atoms with Gasteiger partial charge in [0, 0.05) is 23.6 Å². The van der Waals surface area contributed by atoms with Gasteiger partial charge in [0.25, 0.3) is 0 Å². The number of aliphatic imine (C=N–C) groups is 1. The van der Waals surface area contributed by atoms with E-state index in [9.17, 15) is 14.9 Å². The number of allylic oxidation sites excluding steroid dienone is 2. The molecule has 222 valence electrons. The van der Waals surface area contributed by atoms with E-state index in [1.165, 1.54) is 27.1 Å². The number of rotatable bonds is 8. The van der Waals surface area contributed by atoms with Crippen molar-refractivity contribution in [2.75, 3.05) is 45.7 Å². The van der Waals surface area contributed by atoms with Crippen molar-refractivity contribution in [1.82, 2.24) is 15.5 Å². The molecule has 10 heteroatoms. The van der Waals surface area contributed by atoms with Gasteiger partial charge in [-0.15, -0.1) is 0 Å². The number of nitrogens with one attached hydrogen (secondary N) is 3. The molecule has 2 heterocycles. The van der Waals surface area contributed by atoms with Crippen LogP contribution in [0.4, 0.5) is 5.69 Å². The van der Waals surface area contributed by atoms with Crippen LogP contribution in [0.3, 0.4) is 0 Å². The number of nitriles is 1. The quantitative estimate of drug-likeness (QED) is 0.106. The van der Waals surface area contributed by atoms with E-state index >= 15 is 0 Å². The highest BCUT2D eigenvalue weighted by molar-refractivity contribution is 6.00. The second-order valence-corrected chi connectivity index (χ2v) is 11.7. The van der Waals surface area contributed by atoms with Crippen LogP contribution in [0.25, 0.3) is 0 Å². The Balaban J connectivity index is 1.74. The number of ether oxygens (including phenoxy) is 2. The average molecular weight is 565 g/mol. The molecule has 1 fully saturated rings. The van der Waals surface area contributed by atoms with Gasteiger partial charge in [-0.3, -0.25) is 10.3 Å². The fourth-order valence-electron chi connectivity index (χ4n) is 5.69. The van der Waals surface area contributed by atoms with Gasteiger partial charge in [0.05, 0.1) is 31.3 Å². The van der Waals surface area contributed by atoms with E-state index in [1.54, 1.807) is 13.8 Å². The fourth-order valence-corrected chi connectivity index (χ4v) is 5.69. The Labute approximate surface area is 243 Å². The number of benzene rings is 1. The van der Waals surface area contributed by atoms with E-state index < -0.39 is 17.9 Å². The van der Waals surface area contributed by atoms with Crippen molar-refractivity contribution in [3.8, 4) is 6.19 Å². The molecule has 0 aliphatic carbocycles. The molecular weight excluding hydrogens is 520 g/mol. The zero-order chi connectivity index (χ0) is 30.2. The topological polar surface area (TPSA) is 128 Å². The molecule has 2 aliphatic rings. The number of anilines is 1. The lowest BCUT2D eigenvalue weighted by Crippen LogP contribution is -2.38. The maximum atomic E-state index is 12.8. The summed E-state index contributed by atoms with van der Waals surface area (Å²) < 4.78 is 10.1. The molecular formula is C31H44N6O4. The number of likely N-dealkylation sites (tertiary alicyclic amines) is 1. The van der Waals surface area contributed by atoms with Crippen LogP contribution in [0.15, 0.2) is 51.8 Å². The highest BCUT2D eigenvalue weighted by Crippen LogP contribution is 2.40. The molecule has 3 N–H and O–H groups in total. The monoisotopic (exact) mass is 564 g/mol. The largest absolute Gasteiger partial charge is 0.466 e. The molecule has 41 heavy (non-hydrogen) atoms. The first-order valence-corrected chi connectivity index (χ1v) is 14.1. The summed E-state index contributed by atoms with van der Waals surface area (Å²) in [6.45, 7) is 14.3. The van der Waals surface area contributed by atoms with E-state index in [-0.39, 0.29) is 0 Å². The van der Waals surface area contributed by atoms with Gasteiger partial charge in [-0.1, -0.05) is 32.9 Å². The minimum Gasteiger partial charge on any atom is -0.466 e. The van der Waals surface area contributed by atoms with Crippen molar-refractivity contribution < 1.29 is 19.1 Å². The van der Waals surface area contributed by atoms with Crippen LogP contribution in [0.5, 0.6) is 0 Å². The number of piperidine rings is 1. The Morgan fingerprint density at radius 1 is 1.10 bits per heavy atom. The Morgan fingerprint density at radius 2 is 1.71 bits per heavy atom. The summed E-state index contributed by atoms with van der Waals surface area (Å²) >= 11 is 0. The molecule has 0 unspecified atom stereocenters. The van der Waals surface area contributed by atoms with E-state index in [1.807, 2.05) is 30.5 Å². The Hall–Kier alpha value is -3.84. The molecule has 0 radical (unpaired) electrons. The van der Waals surface area contributed by atoms with Crippen molar-refractivity contribution in [1.29, 1.82) is 5.26 Å². The first kappa shape index (κ1) is 31.7. The predicted octanol–water partition coefficient (Wildman–Crippen LogP) is 4.25. The third-order valence-electron chi connectivity index (χ3n) is 7.94. The normalized spacial score (nSPS) is 17.6. The number of methoxy groups -OCH3 is 2. The van der Waals surface area contributed by atoms with E-state index in [0.29, 0.717) is 51.7 Å². The number of hydrogen-bond acceptors (Lipinski definition) is 8. The molecule has 3 rings (SSSR count). The van der Waals surface area contributed by atoms with Crippen LogP contribution in [-0.4, -0.2) is 63.2 Å². The maximum absolute atomic E-state index is 12.8. The van der Waals surface area contributed by atoms with Gasteiger partial charge in [-0.2, -0.15) is 5.26 Å². The standard InChI is InChI=1S/C31H44N6O4/c1-20-25(28(38)40-6)27(26(21(2)35-20)29(39)41-7)22-10-8-11-24(18-22)36-30(34-19-32)33-14-9-15-37-16-12-23(13-17-37)31(3,4)5/h8,10-11,18,23,27,35H,9,12-17H2,1-7H3,(H2,33,34,36). The number of guanidine groups is 1. The van der Waals surface area contributed by atoms with Crippen LogP contribution in [0, 0.1) is 22.8 Å². The number of esters is 2. The Morgan fingerprint density at radius 3 is 2.24 bits per heavy atom. The summed E-state index contributed by atoms with van der Waals surface area (Å²) in [7, 11) is 2.62. The number of carbonyl (C=O) groups excluding carboxylic acids is 2. The molecule has 0 bridgehead atoms. The van der Waals surface area contributed by atoms with E-state index in [2.05, 4.69) is 46.6 Å². The fraction of sp³-hybridized carbons (Fsp3) is 0.548. The van der Waals surface area contributed by atoms with Gasteiger partial charge in [0.1, 0.15) is 0 Å². The van der Waals surface area contributed by atoms with Gasteiger partial charge < -0.3 is 25.0 Å². The minimum atomic E-state index is -0.704. The molecule has 1 saturated heterocycles. The van der Waals surface area contributed by atoms with Gasteiger partial charge in [0.15, 0.2) is 6.19 Å². The first-order valence-electron chi connectivity index (χ1n) is 14.1. The van der Waals surface area contributed by atoms with E-state index in [4.69, 9.17) is 9.47 Å². The highest BCUT2D eigenvalue weighted by Gasteiger charge is 2.37. The van der Waals surface area contributed by atoms with Crippen molar-refractivity contribution in [3.05, 3.63) is 52.4 Å². The molecule has 2 aliphatic heterocycles. The summed E-state index contributed by atoms with van der Waals surface area (Å²) in [6, 6.07) is 7.32. The average Bonchev–Trinajstić information content (AvgIpc) is 2.94. The number of hydrogen-bond donors (Lipinski definition) is 3. The Kier molecular flexibility index (Phi) is 11.0. The van der Waals surface area contributed by atoms with Crippen LogP contribution in [0.2, 0.25) is 0 Å². The second-order valence-electron chi connectivity index (χ2n) is 11.7. The summed E-state index contributed by atoms with van der Waals surface area (Å²) in [4.78, 5) is 32.7. The molecule has 10 nitrogen and oxygen atoms in total. The highest BCUT2D eigenvalue weighted by atomic mass is 16.5. The summed E-state index contributed by atoms with van der Waals surface area (Å²) in [5.41, 5.74) is 3.54. The molecule has 0 amide bonds. The SMILES string of the molecule is COC(=O)C1=C(C)NC(C)=C(C(=O)OC)C1c1cccc(NC(=NCCCN2CCC(C(C)(C)C)CC2)NC#N)c1. The smallest absolute Gasteiger partial charge is 0.336 e. The van der Waals surface area contributed by atoms with Crippen molar-refractivity contribution in [2.24, 2.45) is 16.3 Å². The lowest BCUT2D eigenvalue weighted by molar-refractivity contribution is -0.137. The lowest BCUT2D eigenvalue weighted by atomic mass is 9.75. The zero-order valence-electron chi connectivity index (χ0n) is 25.4. The number of carbonyl (C=O) groups is 2. The first-order chi connectivity index (χ1) is 19.5. The van der Waals surface area contributed by atoms with Crippen molar-refractivity contribution in [3.63, 3.8) is 0 Å². The lowest BCUT2D eigenvalue weighted by Gasteiger charge is -2.38. The zero-order valence-corrected chi connectivity index (χ0v) is 25.4. The predicted molar refractivity (Wildman–Crippen MR) is 160 cm³/mol. The molecule has 1 aromatic rings. The number of dihydropyridines is 1.